The van der Waals surface area contributed by atoms with Gasteiger partial charge in [0.2, 0.25) is 0 Å². The van der Waals surface area contributed by atoms with Crippen molar-refractivity contribution in [3.63, 3.8) is 0 Å². The number of imide groups is 2. The van der Waals surface area contributed by atoms with E-state index >= 15 is 0 Å². The van der Waals surface area contributed by atoms with Crippen molar-refractivity contribution in [3.8, 4) is 11.1 Å². The quantitative estimate of drug-likeness (QED) is 0.137. The maximum atomic E-state index is 14.1. The van der Waals surface area contributed by atoms with Crippen LogP contribution >= 0.6 is 0 Å². The standard InChI is InChI=1S/C26H19F6NO2.C14H14F3NO2.C2H3F3.C2H6/c1-3-14(2)15-8-10-17(21(12-15)25(27,28)29)18-11-9-16(13-22(18)26(30,31)32)33-23(34)19-6-4-5-7-20(19)24(33)35;1-3-8(2)18-12(19)10-5-4-9(7-14(15,16)17)6-11(10)13(18)20;1-2(3,4)5;1-2/h4-14H,3H2,1-2H3;4-6,8H,3,7H2,1-2H3;1H3;1-2H3. The minimum absolute atomic E-state index is 0.0107. The summed E-state index contributed by atoms with van der Waals surface area (Å²) < 4.78 is 152. The van der Waals surface area contributed by atoms with Gasteiger partial charge >= 0.3 is 24.7 Å². The predicted octanol–water partition coefficient (Wildman–Crippen LogP) is 13.5. The SMILES string of the molecule is CC.CC(F)(F)F.CCC(C)N1C(=O)c2ccc(CC(F)(F)F)cc2C1=O.CCC(C)c1ccc(-c2ccc(N3C(=O)c4ccccc4C3=O)cc2C(F)(F)F)c(C(F)(F)F)c1. The largest absolute Gasteiger partial charge is 0.417 e. The van der Waals surface area contributed by atoms with Gasteiger partial charge in [0.1, 0.15) is 0 Å². The lowest BCUT2D eigenvalue weighted by atomic mass is 9.89. The van der Waals surface area contributed by atoms with Crippen LogP contribution in [-0.4, -0.2) is 46.9 Å². The first-order chi connectivity index (χ1) is 28.6. The molecule has 2 heterocycles. The number of benzene rings is 4. The van der Waals surface area contributed by atoms with Gasteiger partial charge in [0.05, 0.1) is 45.5 Å². The number of hydrogen-bond acceptors (Lipinski definition) is 4. The molecule has 2 atom stereocenters. The number of alkyl halides is 12. The molecule has 0 N–H and O–H groups in total. The average Bonchev–Trinajstić information content (AvgIpc) is 3.59. The molecule has 336 valence electrons. The van der Waals surface area contributed by atoms with Crippen LogP contribution in [0.2, 0.25) is 0 Å². The fraction of sp³-hybridized carbons (Fsp3) is 0.364. The highest BCUT2D eigenvalue weighted by atomic mass is 19.4. The zero-order valence-corrected chi connectivity index (χ0v) is 34.3. The van der Waals surface area contributed by atoms with Gasteiger partial charge < -0.3 is 0 Å². The van der Waals surface area contributed by atoms with E-state index in [1.165, 1.54) is 48.5 Å². The number of hydrogen-bond donors (Lipinski definition) is 0. The van der Waals surface area contributed by atoms with Crippen molar-refractivity contribution in [2.24, 2.45) is 0 Å². The number of carbonyl (C=O) groups is 4. The van der Waals surface area contributed by atoms with Gasteiger partial charge in [-0.25, -0.2) is 4.90 Å². The Kier molecular flexibility index (Phi) is 16.0. The van der Waals surface area contributed by atoms with Crippen molar-refractivity contribution in [2.75, 3.05) is 4.90 Å². The molecule has 4 amide bonds. The molecule has 0 radical (unpaired) electrons. The van der Waals surface area contributed by atoms with E-state index in [1.54, 1.807) is 20.8 Å². The third kappa shape index (κ3) is 12.0. The summed E-state index contributed by atoms with van der Waals surface area (Å²) in [5, 5.41) is 0. The Bertz CT molecular complexity index is 2240. The molecule has 0 saturated heterocycles. The van der Waals surface area contributed by atoms with Gasteiger partial charge in [0.25, 0.3) is 23.6 Å². The molecule has 0 bridgehead atoms. The van der Waals surface area contributed by atoms with E-state index in [1.807, 2.05) is 20.8 Å². The number of anilines is 1. The predicted molar refractivity (Wildman–Crippen MR) is 208 cm³/mol. The van der Waals surface area contributed by atoms with Crippen LogP contribution in [0.15, 0.2) is 78.9 Å². The van der Waals surface area contributed by atoms with E-state index < -0.39 is 77.0 Å². The summed E-state index contributed by atoms with van der Waals surface area (Å²) in [7, 11) is 0. The summed E-state index contributed by atoms with van der Waals surface area (Å²) >= 11 is 0. The smallest absolute Gasteiger partial charge is 0.272 e. The molecule has 4 aromatic rings. The molecule has 18 heteroatoms. The van der Waals surface area contributed by atoms with Crippen LogP contribution in [0.25, 0.3) is 11.1 Å². The zero-order valence-electron chi connectivity index (χ0n) is 34.3. The molecule has 2 aliphatic rings. The number of halogens is 12. The summed E-state index contributed by atoms with van der Waals surface area (Å²) in [6.07, 6.45) is -18.2. The molecule has 2 aliphatic heterocycles. The molecule has 0 fully saturated rings. The van der Waals surface area contributed by atoms with Gasteiger partial charge in [-0.3, -0.25) is 24.1 Å². The lowest BCUT2D eigenvalue weighted by molar-refractivity contribution is -0.139. The van der Waals surface area contributed by atoms with Gasteiger partial charge in [-0.2, -0.15) is 52.7 Å². The molecule has 62 heavy (non-hydrogen) atoms. The van der Waals surface area contributed by atoms with Crippen LogP contribution < -0.4 is 4.90 Å². The summed E-state index contributed by atoms with van der Waals surface area (Å²) in [5.74, 6) is -2.77. The zero-order chi connectivity index (χ0) is 47.3. The molecule has 6 nitrogen and oxygen atoms in total. The summed E-state index contributed by atoms with van der Waals surface area (Å²) in [4.78, 5) is 51.4. The van der Waals surface area contributed by atoms with E-state index in [4.69, 9.17) is 0 Å². The first kappa shape index (κ1) is 50.7. The third-order valence-corrected chi connectivity index (χ3v) is 9.60. The van der Waals surface area contributed by atoms with Crippen molar-refractivity contribution in [1.82, 2.24) is 4.90 Å². The number of carbonyl (C=O) groups excluding carboxylic acids is 4. The van der Waals surface area contributed by atoms with Crippen LogP contribution in [0.3, 0.4) is 0 Å². The van der Waals surface area contributed by atoms with E-state index in [-0.39, 0.29) is 52.4 Å². The van der Waals surface area contributed by atoms with Gasteiger partial charge in [0.15, 0.2) is 0 Å². The minimum Gasteiger partial charge on any atom is -0.272 e. The van der Waals surface area contributed by atoms with Crippen molar-refractivity contribution in [3.05, 3.63) is 123 Å². The molecule has 0 spiro atoms. The van der Waals surface area contributed by atoms with Crippen molar-refractivity contribution >= 4 is 29.3 Å². The molecular weight excluding hydrogens is 848 g/mol. The second-order valence-corrected chi connectivity index (χ2v) is 14.0. The van der Waals surface area contributed by atoms with E-state index in [9.17, 15) is 71.9 Å². The Labute approximate surface area is 349 Å². The van der Waals surface area contributed by atoms with Gasteiger partial charge in [-0.05, 0) is 90.4 Å². The lowest BCUT2D eigenvalue weighted by Gasteiger charge is -2.22. The van der Waals surface area contributed by atoms with Gasteiger partial charge in [-0.15, -0.1) is 0 Å². The second kappa shape index (κ2) is 19.6. The van der Waals surface area contributed by atoms with E-state index in [0.29, 0.717) is 29.4 Å². The number of rotatable bonds is 7. The van der Waals surface area contributed by atoms with Crippen molar-refractivity contribution in [2.45, 2.75) is 104 Å². The normalized spacial score (nSPS) is 14.8. The highest BCUT2D eigenvalue weighted by molar-refractivity contribution is 6.34. The first-order valence-electron chi connectivity index (χ1n) is 19.1. The molecule has 6 rings (SSSR count). The van der Waals surface area contributed by atoms with Crippen LogP contribution in [-0.2, 0) is 18.8 Å². The first-order valence-corrected chi connectivity index (χ1v) is 19.1. The monoisotopic (exact) mass is 890 g/mol. The summed E-state index contributed by atoms with van der Waals surface area (Å²) in [6, 6.07) is 15.0. The number of amides is 4. The fourth-order valence-corrected chi connectivity index (χ4v) is 6.37. The second-order valence-electron chi connectivity index (χ2n) is 14.0. The molecule has 4 aromatic carbocycles. The minimum atomic E-state index is -5.05. The topological polar surface area (TPSA) is 74.8 Å². The molecule has 0 aromatic heterocycles. The molecule has 2 unspecified atom stereocenters. The number of nitrogens with zero attached hydrogens (tertiary/aromatic N) is 2. The summed E-state index contributed by atoms with van der Waals surface area (Å²) in [6.45, 7) is 11.3. The summed E-state index contributed by atoms with van der Waals surface area (Å²) in [5.41, 5.74) is -3.60. The van der Waals surface area contributed by atoms with Crippen LogP contribution in [0.5, 0.6) is 0 Å². The Hall–Kier alpha value is -5.68. The molecule has 0 saturated carbocycles. The molecule has 0 aliphatic carbocycles. The van der Waals surface area contributed by atoms with Crippen LogP contribution in [0.4, 0.5) is 58.4 Å². The van der Waals surface area contributed by atoms with Crippen LogP contribution in [0.1, 0.15) is 131 Å². The van der Waals surface area contributed by atoms with Crippen LogP contribution in [0, 0.1) is 0 Å². The van der Waals surface area contributed by atoms with Crippen molar-refractivity contribution in [1.29, 1.82) is 0 Å². The van der Waals surface area contributed by atoms with E-state index in [2.05, 4.69) is 0 Å². The highest BCUT2D eigenvalue weighted by Gasteiger charge is 2.42. The van der Waals surface area contributed by atoms with E-state index in [0.717, 1.165) is 29.2 Å². The third-order valence-electron chi connectivity index (χ3n) is 9.60. The molecular formula is C44H42F12N2O4. The van der Waals surface area contributed by atoms with Gasteiger partial charge in [0, 0.05) is 13.0 Å². The maximum absolute atomic E-state index is 14.1. The highest BCUT2D eigenvalue weighted by Crippen LogP contribution is 2.45. The Morgan fingerprint density at radius 2 is 0.968 bits per heavy atom. The Morgan fingerprint density at radius 1 is 0.532 bits per heavy atom. The number of fused-ring (bicyclic) bond motifs is 2. The Balaban J connectivity index is 0.000000319. The van der Waals surface area contributed by atoms with Crippen molar-refractivity contribution < 1.29 is 71.9 Å². The van der Waals surface area contributed by atoms with Gasteiger partial charge in [-0.1, -0.05) is 71.0 Å². The maximum Gasteiger partial charge on any atom is 0.417 e. The Morgan fingerprint density at radius 3 is 1.42 bits per heavy atom. The lowest BCUT2D eigenvalue weighted by Crippen LogP contribution is -2.37. The average molecular weight is 891 g/mol. The fourth-order valence-electron chi connectivity index (χ4n) is 6.37.